The van der Waals surface area contributed by atoms with Crippen molar-refractivity contribution in [1.82, 2.24) is 14.7 Å². The molecule has 0 atom stereocenters. The Morgan fingerprint density at radius 1 is 1.31 bits per heavy atom. The van der Waals surface area contributed by atoms with Crippen LogP contribution in [-0.2, 0) is 11.3 Å². The Hall–Kier alpha value is -2.55. The number of nitrogens with zero attached hydrogens (tertiary/aromatic N) is 3. The molecule has 136 valence electrons. The SMILES string of the molecule is COCc1nc2c(C(=O)N=c3c(Cl)cn(O)cc3Cl)ccc(OC)c2[nH]1. The molecule has 0 radical (unpaired) electrons. The minimum atomic E-state index is -0.590. The molecular formula is C16H14Cl2N4O4. The number of hydrogen-bond donors (Lipinski definition) is 2. The van der Waals surface area contributed by atoms with Crippen LogP contribution in [0, 0.1) is 0 Å². The first-order valence-electron chi connectivity index (χ1n) is 7.34. The van der Waals surface area contributed by atoms with Crippen molar-refractivity contribution in [3.8, 4) is 5.75 Å². The van der Waals surface area contributed by atoms with Crippen molar-refractivity contribution in [2.75, 3.05) is 14.2 Å². The van der Waals surface area contributed by atoms with Crippen LogP contribution in [0.15, 0.2) is 29.5 Å². The topological polar surface area (TPSA) is 102 Å². The van der Waals surface area contributed by atoms with E-state index in [1.165, 1.54) is 19.5 Å². The first kappa shape index (κ1) is 18.2. The van der Waals surface area contributed by atoms with Crippen molar-refractivity contribution in [2.24, 2.45) is 4.99 Å². The van der Waals surface area contributed by atoms with Crippen molar-refractivity contribution in [3.05, 3.63) is 51.3 Å². The van der Waals surface area contributed by atoms with Gasteiger partial charge in [-0.15, -0.1) is 0 Å². The molecule has 0 saturated carbocycles. The zero-order valence-electron chi connectivity index (χ0n) is 13.8. The van der Waals surface area contributed by atoms with E-state index in [1.54, 1.807) is 19.2 Å². The molecule has 2 N–H and O–H groups in total. The van der Waals surface area contributed by atoms with Gasteiger partial charge in [-0.25, -0.2) is 9.98 Å². The third kappa shape index (κ3) is 3.39. The fourth-order valence-electron chi connectivity index (χ4n) is 2.44. The number of carbonyl (C=O) groups is 1. The number of hydrogen-bond acceptors (Lipinski definition) is 5. The Bertz CT molecular complexity index is 1030. The number of fused-ring (bicyclic) bond motifs is 1. The van der Waals surface area contributed by atoms with Crippen LogP contribution in [0.25, 0.3) is 11.0 Å². The molecule has 10 heteroatoms. The summed E-state index contributed by atoms with van der Waals surface area (Å²) in [6.07, 6.45) is 2.35. The standard InChI is InChI=1S/C16H14Cl2N4O4/c1-25-7-12-19-13-8(3-4-11(26-2)15(13)20-12)16(23)21-14-9(17)5-22(24)6-10(14)18/h3-6,24H,7H2,1-2H3,(H,19,20). The Morgan fingerprint density at radius 2 is 2.00 bits per heavy atom. The van der Waals surface area contributed by atoms with E-state index >= 15 is 0 Å². The van der Waals surface area contributed by atoms with Gasteiger partial charge in [0.1, 0.15) is 34.6 Å². The highest BCUT2D eigenvalue weighted by Gasteiger charge is 2.17. The molecule has 0 aliphatic carbocycles. The number of amides is 1. The zero-order chi connectivity index (χ0) is 18.8. The summed E-state index contributed by atoms with van der Waals surface area (Å²) in [6.45, 7) is 0.245. The first-order chi connectivity index (χ1) is 12.4. The molecule has 3 rings (SSSR count). The maximum absolute atomic E-state index is 12.7. The highest BCUT2D eigenvalue weighted by Crippen LogP contribution is 2.27. The summed E-state index contributed by atoms with van der Waals surface area (Å²) in [6, 6.07) is 3.19. The first-order valence-corrected chi connectivity index (χ1v) is 8.10. The summed E-state index contributed by atoms with van der Waals surface area (Å²) in [5.41, 5.74) is 1.19. The molecule has 1 aromatic carbocycles. The number of ether oxygens (including phenoxy) is 2. The smallest absolute Gasteiger partial charge is 0.279 e. The third-order valence-electron chi connectivity index (χ3n) is 3.54. The molecule has 0 bridgehead atoms. The van der Waals surface area contributed by atoms with Crippen LogP contribution in [-0.4, -0.2) is 40.0 Å². The van der Waals surface area contributed by atoms with Crippen molar-refractivity contribution in [1.29, 1.82) is 0 Å². The van der Waals surface area contributed by atoms with Crippen LogP contribution in [0.1, 0.15) is 16.2 Å². The minimum Gasteiger partial charge on any atom is -0.494 e. The normalized spacial score (nSPS) is 10.9. The van der Waals surface area contributed by atoms with E-state index in [4.69, 9.17) is 32.7 Å². The van der Waals surface area contributed by atoms with Gasteiger partial charge < -0.3 is 19.7 Å². The number of benzene rings is 1. The summed E-state index contributed by atoms with van der Waals surface area (Å²) in [7, 11) is 3.06. The van der Waals surface area contributed by atoms with Crippen LogP contribution in [0.5, 0.6) is 5.75 Å². The molecule has 0 aliphatic rings. The number of aromatic amines is 1. The second-order valence-corrected chi connectivity index (χ2v) is 6.07. The number of pyridine rings is 1. The highest BCUT2D eigenvalue weighted by atomic mass is 35.5. The molecule has 1 amide bonds. The lowest BCUT2D eigenvalue weighted by molar-refractivity contribution is 0.0999. The number of aromatic nitrogens is 3. The van der Waals surface area contributed by atoms with E-state index in [-0.39, 0.29) is 27.6 Å². The molecule has 0 saturated heterocycles. The van der Waals surface area contributed by atoms with Gasteiger partial charge in [-0.3, -0.25) is 4.79 Å². The van der Waals surface area contributed by atoms with Crippen molar-refractivity contribution >= 4 is 40.1 Å². The summed E-state index contributed by atoms with van der Waals surface area (Å²) in [4.78, 5) is 24.1. The molecule has 0 unspecified atom stereocenters. The monoisotopic (exact) mass is 396 g/mol. The lowest BCUT2D eigenvalue weighted by Gasteiger charge is -2.04. The average molecular weight is 397 g/mol. The molecular weight excluding hydrogens is 383 g/mol. The number of methoxy groups -OCH3 is 2. The van der Waals surface area contributed by atoms with Crippen LogP contribution in [0.4, 0.5) is 0 Å². The van der Waals surface area contributed by atoms with Crippen LogP contribution >= 0.6 is 23.2 Å². The van der Waals surface area contributed by atoms with Gasteiger partial charge in [0, 0.05) is 7.11 Å². The predicted molar refractivity (Wildman–Crippen MR) is 94.9 cm³/mol. The zero-order valence-corrected chi connectivity index (χ0v) is 15.3. The van der Waals surface area contributed by atoms with Gasteiger partial charge in [0.25, 0.3) is 5.91 Å². The number of nitrogens with one attached hydrogen (secondary N) is 1. The Labute approximate surface area is 157 Å². The maximum Gasteiger partial charge on any atom is 0.279 e. The Morgan fingerprint density at radius 3 is 2.62 bits per heavy atom. The van der Waals surface area contributed by atoms with Crippen molar-refractivity contribution < 1.29 is 19.5 Å². The highest BCUT2D eigenvalue weighted by molar-refractivity contribution is 6.34. The van der Waals surface area contributed by atoms with E-state index in [0.717, 1.165) is 0 Å². The van der Waals surface area contributed by atoms with E-state index < -0.39 is 5.91 Å². The molecule has 0 spiro atoms. The van der Waals surface area contributed by atoms with Crippen molar-refractivity contribution in [2.45, 2.75) is 6.61 Å². The van der Waals surface area contributed by atoms with Crippen LogP contribution in [0.2, 0.25) is 10.0 Å². The molecule has 2 aromatic heterocycles. The minimum absolute atomic E-state index is 0.0280. The second kappa shape index (κ2) is 7.36. The number of carbonyl (C=O) groups excluding carboxylic acids is 1. The molecule has 2 heterocycles. The molecule has 0 aliphatic heterocycles. The van der Waals surface area contributed by atoms with Crippen molar-refractivity contribution in [3.63, 3.8) is 0 Å². The second-order valence-electron chi connectivity index (χ2n) is 5.26. The van der Waals surface area contributed by atoms with Gasteiger partial charge >= 0.3 is 0 Å². The van der Waals surface area contributed by atoms with Gasteiger partial charge in [-0.2, -0.15) is 4.73 Å². The lowest BCUT2D eigenvalue weighted by atomic mass is 10.1. The van der Waals surface area contributed by atoms with Gasteiger partial charge in [0.2, 0.25) is 0 Å². The van der Waals surface area contributed by atoms with Gasteiger partial charge in [-0.1, -0.05) is 23.2 Å². The third-order valence-corrected chi connectivity index (χ3v) is 4.10. The van der Waals surface area contributed by atoms with E-state index in [9.17, 15) is 10.0 Å². The fraction of sp³-hybridized carbons (Fsp3) is 0.188. The summed E-state index contributed by atoms with van der Waals surface area (Å²) < 4.78 is 11.0. The number of halogens is 2. The number of rotatable bonds is 4. The van der Waals surface area contributed by atoms with Crippen LogP contribution < -0.4 is 10.1 Å². The summed E-state index contributed by atoms with van der Waals surface area (Å²) in [5, 5.41) is 9.51. The lowest BCUT2D eigenvalue weighted by Crippen LogP contribution is -2.12. The maximum atomic E-state index is 12.7. The van der Waals surface area contributed by atoms with Gasteiger partial charge in [0.15, 0.2) is 0 Å². The van der Waals surface area contributed by atoms with E-state index in [2.05, 4.69) is 15.0 Å². The fourth-order valence-corrected chi connectivity index (χ4v) is 2.98. The van der Waals surface area contributed by atoms with Gasteiger partial charge in [-0.05, 0) is 12.1 Å². The summed E-state index contributed by atoms with van der Waals surface area (Å²) in [5.74, 6) is 0.481. The van der Waals surface area contributed by atoms with Crippen LogP contribution in [0.3, 0.4) is 0 Å². The van der Waals surface area contributed by atoms with Gasteiger partial charge in [0.05, 0.1) is 35.1 Å². The molecule has 3 aromatic rings. The predicted octanol–water partition coefficient (Wildman–Crippen LogP) is 2.80. The average Bonchev–Trinajstić information content (AvgIpc) is 3.00. The van der Waals surface area contributed by atoms with E-state index in [0.29, 0.717) is 27.3 Å². The Balaban J connectivity index is 2.16. The molecule has 26 heavy (non-hydrogen) atoms. The quantitative estimate of drug-likeness (QED) is 0.660. The van der Waals surface area contributed by atoms with E-state index in [1.807, 2.05) is 0 Å². The number of H-pyrrole nitrogens is 1. The molecule has 0 fully saturated rings. The summed E-state index contributed by atoms with van der Waals surface area (Å²) >= 11 is 12.0. The largest absolute Gasteiger partial charge is 0.494 e. The molecule has 8 nitrogen and oxygen atoms in total. The Kier molecular flexibility index (Phi) is 5.17. The number of imidazole rings is 1.